The minimum absolute atomic E-state index is 0.0130. The molecule has 6 nitrogen and oxygen atoms in total. The number of imidazole rings is 1. The Morgan fingerprint density at radius 3 is 2.78 bits per heavy atom. The van der Waals surface area contributed by atoms with Gasteiger partial charge in [-0.1, -0.05) is 12.1 Å². The molecule has 0 spiro atoms. The van der Waals surface area contributed by atoms with E-state index in [1.54, 1.807) is 30.5 Å². The lowest BCUT2D eigenvalue weighted by Gasteiger charge is -2.24. The number of aromatic nitrogens is 2. The molecule has 0 saturated carbocycles. The smallest absolute Gasteiger partial charge is 0.251 e. The second-order valence-electron chi connectivity index (χ2n) is 5.97. The maximum Gasteiger partial charge on any atom is 0.251 e. The number of amides is 1. The summed E-state index contributed by atoms with van der Waals surface area (Å²) >= 11 is 0. The van der Waals surface area contributed by atoms with E-state index in [1.165, 1.54) is 6.26 Å². The Morgan fingerprint density at radius 1 is 1.35 bits per heavy atom. The highest BCUT2D eigenvalue weighted by molar-refractivity contribution is 7.89. The van der Waals surface area contributed by atoms with Crippen molar-refractivity contribution >= 4 is 15.7 Å². The lowest BCUT2D eigenvalue weighted by Crippen LogP contribution is -2.40. The van der Waals surface area contributed by atoms with E-state index in [2.05, 4.69) is 14.9 Å². The van der Waals surface area contributed by atoms with Crippen LogP contribution in [0.15, 0.2) is 36.7 Å². The highest BCUT2D eigenvalue weighted by Gasteiger charge is 2.20. The standard InChI is InChI=1S/C16H19N3O3S/c1-23(21,22)11-12-2-4-13(5-3-12)16(20)18-14-6-7-15-17-8-9-19(15)10-14/h2-5,8-9,14H,6-7,10-11H2,1H3,(H,18,20). The number of carbonyl (C=O) groups is 1. The van der Waals surface area contributed by atoms with Crippen LogP contribution >= 0.6 is 0 Å². The zero-order valence-corrected chi connectivity index (χ0v) is 13.7. The number of fused-ring (bicyclic) bond motifs is 1. The van der Waals surface area contributed by atoms with E-state index in [9.17, 15) is 13.2 Å². The summed E-state index contributed by atoms with van der Waals surface area (Å²) in [6, 6.07) is 6.79. The average molecular weight is 333 g/mol. The Bertz CT molecular complexity index is 809. The molecule has 1 unspecified atom stereocenters. The molecule has 122 valence electrons. The normalized spacial score (nSPS) is 17.5. The fraction of sp³-hybridized carbons (Fsp3) is 0.375. The van der Waals surface area contributed by atoms with Crippen molar-refractivity contribution < 1.29 is 13.2 Å². The molecule has 0 saturated heterocycles. The van der Waals surface area contributed by atoms with E-state index in [0.29, 0.717) is 11.1 Å². The van der Waals surface area contributed by atoms with Crippen LogP contribution < -0.4 is 5.32 Å². The Balaban J connectivity index is 1.63. The zero-order valence-electron chi connectivity index (χ0n) is 12.9. The van der Waals surface area contributed by atoms with Crippen molar-refractivity contribution in [2.24, 2.45) is 0 Å². The van der Waals surface area contributed by atoms with E-state index < -0.39 is 9.84 Å². The minimum Gasteiger partial charge on any atom is -0.347 e. The summed E-state index contributed by atoms with van der Waals surface area (Å²) in [6.45, 7) is 0.729. The summed E-state index contributed by atoms with van der Waals surface area (Å²) in [6.07, 6.45) is 6.62. The molecule has 1 aliphatic rings. The first kappa shape index (κ1) is 15.7. The van der Waals surface area contributed by atoms with Crippen LogP contribution in [0.4, 0.5) is 0 Å². The molecular weight excluding hydrogens is 314 g/mol. The van der Waals surface area contributed by atoms with Crippen LogP contribution in [-0.2, 0) is 28.6 Å². The summed E-state index contributed by atoms with van der Waals surface area (Å²) in [5.74, 6) is 0.908. The molecule has 1 N–H and O–H groups in total. The van der Waals surface area contributed by atoms with Gasteiger partial charge in [0, 0.05) is 43.2 Å². The van der Waals surface area contributed by atoms with Crippen molar-refractivity contribution in [1.82, 2.24) is 14.9 Å². The van der Waals surface area contributed by atoms with E-state index in [-0.39, 0.29) is 17.7 Å². The van der Waals surface area contributed by atoms with E-state index in [1.807, 2.05) is 6.20 Å². The maximum atomic E-state index is 12.3. The van der Waals surface area contributed by atoms with Crippen molar-refractivity contribution in [2.75, 3.05) is 6.26 Å². The van der Waals surface area contributed by atoms with Gasteiger partial charge in [0.25, 0.3) is 5.91 Å². The molecule has 3 rings (SSSR count). The molecule has 2 heterocycles. The lowest BCUT2D eigenvalue weighted by molar-refractivity contribution is 0.0927. The van der Waals surface area contributed by atoms with Crippen molar-refractivity contribution in [3.05, 3.63) is 53.6 Å². The Morgan fingerprint density at radius 2 is 2.09 bits per heavy atom. The quantitative estimate of drug-likeness (QED) is 0.911. The zero-order chi connectivity index (χ0) is 16.4. The first-order chi connectivity index (χ1) is 10.9. The third-order valence-corrected chi connectivity index (χ3v) is 4.77. The number of benzene rings is 1. The van der Waals surface area contributed by atoms with Crippen molar-refractivity contribution in [3.8, 4) is 0 Å². The molecule has 0 bridgehead atoms. The van der Waals surface area contributed by atoms with Crippen LogP contribution in [0.25, 0.3) is 0 Å². The fourth-order valence-corrected chi connectivity index (χ4v) is 3.61. The summed E-state index contributed by atoms with van der Waals surface area (Å²) in [5, 5.41) is 3.03. The predicted molar refractivity (Wildman–Crippen MR) is 86.8 cm³/mol. The molecule has 0 fully saturated rings. The average Bonchev–Trinajstić information content (AvgIpc) is 2.94. The highest BCUT2D eigenvalue weighted by Crippen LogP contribution is 2.14. The van der Waals surface area contributed by atoms with Gasteiger partial charge in [-0.25, -0.2) is 13.4 Å². The van der Waals surface area contributed by atoms with E-state index >= 15 is 0 Å². The lowest BCUT2D eigenvalue weighted by atomic mass is 10.1. The third kappa shape index (κ3) is 3.98. The molecule has 7 heteroatoms. The molecule has 1 aromatic heterocycles. The first-order valence-corrected chi connectivity index (χ1v) is 9.54. The monoisotopic (exact) mass is 333 g/mol. The number of carbonyl (C=O) groups excluding carboxylic acids is 1. The van der Waals surface area contributed by atoms with Crippen LogP contribution in [-0.4, -0.2) is 36.2 Å². The predicted octanol–water partition coefficient (Wildman–Crippen LogP) is 1.17. The fourth-order valence-electron chi connectivity index (χ4n) is 2.81. The SMILES string of the molecule is CS(=O)(=O)Cc1ccc(C(=O)NC2CCc3nccn3C2)cc1. The molecular formula is C16H19N3O3S. The molecule has 1 atom stereocenters. The van der Waals surface area contributed by atoms with Gasteiger partial charge in [-0.3, -0.25) is 4.79 Å². The number of nitrogens with one attached hydrogen (secondary N) is 1. The van der Waals surface area contributed by atoms with Crippen LogP contribution in [0.5, 0.6) is 0 Å². The number of hydrogen-bond donors (Lipinski definition) is 1. The van der Waals surface area contributed by atoms with Gasteiger partial charge in [-0.2, -0.15) is 0 Å². The van der Waals surface area contributed by atoms with Crippen molar-refractivity contribution in [3.63, 3.8) is 0 Å². The summed E-state index contributed by atoms with van der Waals surface area (Å²) in [4.78, 5) is 16.6. The van der Waals surface area contributed by atoms with Crippen molar-refractivity contribution in [2.45, 2.75) is 31.2 Å². The van der Waals surface area contributed by atoms with Gasteiger partial charge in [-0.05, 0) is 24.1 Å². The first-order valence-electron chi connectivity index (χ1n) is 7.48. The summed E-state index contributed by atoms with van der Waals surface area (Å²) in [7, 11) is -3.07. The molecule has 0 aliphatic carbocycles. The highest BCUT2D eigenvalue weighted by atomic mass is 32.2. The second kappa shape index (κ2) is 6.16. The van der Waals surface area contributed by atoms with Gasteiger partial charge < -0.3 is 9.88 Å². The van der Waals surface area contributed by atoms with Crippen LogP contribution in [0.1, 0.15) is 28.2 Å². The number of aryl methyl sites for hydroxylation is 1. The molecule has 23 heavy (non-hydrogen) atoms. The second-order valence-corrected chi connectivity index (χ2v) is 8.11. The molecule has 1 amide bonds. The molecule has 0 radical (unpaired) electrons. The molecule has 1 aliphatic heterocycles. The van der Waals surface area contributed by atoms with Crippen LogP contribution in [0.2, 0.25) is 0 Å². The van der Waals surface area contributed by atoms with Crippen LogP contribution in [0.3, 0.4) is 0 Å². The van der Waals surface area contributed by atoms with E-state index in [0.717, 1.165) is 25.2 Å². The summed E-state index contributed by atoms with van der Waals surface area (Å²) in [5.41, 5.74) is 1.23. The van der Waals surface area contributed by atoms with Gasteiger partial charge in [0.2, 0.25) is 0 Å². The number of rotatable bonds is 4. The van der Waals surface area contributed by atoms with Crippen molar-refractivity contribution in [1.29, 1.82) is 0 Å². The number of hydrogen-bond acceptors (Lipinski definition) is 4. The Labute approximate surface area is 135 Å². The third-order valence-electron chi connectivity index (χ3n) is 3.92. The molecule has 2 aromatic rings. The van der Waals surface area contributed by atoms with E-state index in [4.69, 9.17) is 0 Å². The van der Waals surface area contributed by atoms with Gasteiger partial charge >= 0.3 is 0 Å². The Hall–Kier alpha value is -2.15. The maximum absolute atomic E-state index is 12.3. The summed E-state index contributed by atoms with van der Waals surface area (Å²) < 4.78 is 24.6. The van der Waals surface area contributed by atoms with Gasteiger partial charge in [0.15, 0.2) is 9.84 Å². The minimum atomic E-state index is -3.07. The number of sulfone groups is 1. The Kier molecular flexibility index (Phi) is 4.21. The van der Waals surface area contributed by atoms with Crippen LogP contribution in [0, 0.1) is 0 Å². The largest absolute Gasteiger partial charge is 0.347 e. The van der Waals surface area contributed by atoms with Gasteiger partial charge in [0.05, 0.1) is 5.75 Å². The van der Waals surface area contributed by atoms with Gasteiger partial charge in [-0.15, -0.1) is 0 Å². The number of nitrogens with zero attached hydrogens (tertiary/aromatic N) is 2. The molecule has 1 aromatic carbocycles. The van der Waals surface area contributed by atoms with Gasteiger partial charge in [0.1, 0.15) is 5.82 Å². The topological polar surface area (TPSA) is 81.1 Å².